The van der Waals surface area contributed by atoms with Gasteiger partial charge in [-0.3, -0.25) is 0 Å². The lowest BCUT2D eigenvalue weighted by Crippen LogP contribution is -2.33. The largest absolute Gasteiger partial charge is 0.375 e. The molecule has 0 fully saturated rings. The third-order valence-electron chi connectivity index (χ3n) is 3.11. The number of halogens is 2. The van der Waals surface area contributed by atoms with Crippen LogP contribution in [0.5, 0.6) is 0 Å². The second-order valence-corrected chi connectivity index (χ2v) is 5.38. The van der Waals surface area contributed by atoms with E-state index in [2.05, 4.69) is 10.6 Å². The van der Waals surface area contributed by atoms with Crippen molar-refractivity contribution >= 4 is 34.9 Å². The van der Waals surface area contributed by atoms with Crippen molar-refractivity contribution in [1.82, 2.24) is 5.32 Å². The smallest absolute Gasteiger partial charge is 0.319 e. The summed E-state index contributed by atoms with van der Waals surface area (Å²) >= 11 is 12.1. The molecule has 2 amide bonds. The fraction of sp³-hybridized carbons (Fsp3) is 0.188. The molecule has 0 aliphatic heterocycles. The van der Waals surface area contributed by atoms with Gasteiger partial charge in [-0.25, -0.2) is 4.79 Å². The first-order chi connectivity index (χ1) is 10.6. The number of ether oxygens (including phenoxy) is 1. The fourth-order valence-corrected chi connectivity index (χ4v) is 2.41. The maximum absolute atomic E-state index is 11.9. The van der Waals surface area contributed by atoms with Crippen molar-refractivity contribution in [3.8, 4) is 0 Å². The van der Waals surface area contributed by atoms with Gasteiger partial charge in [-0.15, -0.1) is 0 Å². The van der Waals surface area contributed by atoms with Crippen molar-refractivity contribution in [2.24, 2.45) is 0 Å². The molecule has 0 radical (unpaired) electrons. The first kappa shape index (κ1) is 16.6. The maximum Gasteiger partial charge on any atom is 0.319 e. The van der Waals surface area contributed by atoms with Crippen LogP contribution in [0.4, 0.5) is 10.5 Å². The molecule has 0 unspecified atom stereocenters. The Hall–Kier alpha value is -1.75. The number of carbonyl (C=O) groups is 1. The van der Waals surface area contributed by atoms with Crippen molar-refractivity contribution in [1.29, 1.82) is 0 Å². The number of methoxy groups -OCH3 is 1. The lowest BCUT2D eigenvalue weighted by molar-refractivity contribution is 0.104. The van der Waals surface area contributed by atoms with E-state index >= 15 is 0 Å². The highest BCUT2D eigenvalue weighted by molar-refractivity contribution is 6.33. The van der Waals surface area contributed by atoms with E-state index in [0.717, 1.165) is 5.56 Å². The number of rotatable bonds is 5. The van der Waals surface area contributed by atoms with E-state index in [-0.39, 0.29) is 18.7 Å². The van der Waals surface area contributed by atoms with Crippen LogP contribution in [0.25, 0.3) is 0 Å². The average molecular weight is 339 g/mol. The number of carbonyl (C=O) groups excluding carboxylic acids is 1. The number of benzene rings is 2. The predicted molar refractivity (Wildman–Crippen MR) is 89.7 cm³/mol. The predicted octanol–water partition coefficient (Wildman–Crippen LogP) is 4.50. The highest BCUT2D eigenvalue weighted by Gasteiger charge is 2.15. The zero-order chi connectivity index (χ0) is 15.9. The van der Waals surface area contributed by atoms with Gasteiger partial charge in [-0.1, -0.05) is 53.5 Å². The molecule has 0 bridgehead atoms. The molecule has 0 aliphatic carbocycles. The number of amides is 2. The molecule has 4 nitrogen and oxygen atoms in total. The molecular weight excluding hydrogens is 323 g/mol. The van der Waals surface area contributed by atoms with Crippen molar-refractivity contribution in [3.05, 3.63) is 64.1 Å². The molecule has 0 aromatic heterocycles. The quantitative estimate of drug-likeness (QED) is 0.842. The zero-order valence-corrected chi connectivity index (χ0v) is 13.5. The zero-order valence-electron chi connectivity index (χ0n) is 12.0. The number of para-hydroxylation sites is 1. The Morgan fingerprint density at radius 1 is 1.09 bits per heavy atom. The highest BCUT2D eigenvalue weighted by Crippen LogP contribution is 2.24. The lowest BCUT2D eigenvalue weighted by atomic mass is 10.1. The Morgan fingerprint density at radius 3 is 2.36 bits per heavy atom. The fourth-order valence-electron chi connectivity index (χ4n) is 1.97. The Labute approximate surface area is 139 Å². The summed E-state index contributed by atoms with van der Waals surface area (Å²) in [6, 6.07) is 14.0. The summed E-state index contributed by atoms with van der Waals surface area (Å²) in [6.45, 7) is 0.288. The summed E-state index contributed by atoms with van der Waals surface area (Å²) in [4.78, 5) is 11.9. The van der Waals surface area contributed by atoms with Gasteiger partial charge in [0.2, 0.25) is 0 Å². The maximum atomic E-state index is 11.9. The van der Waals surface area contributed by atoms with E-state index in [9.17, 15) is 4.79 Å². The molecule has 0 heterocycles. The van der Waals surface area contributed by atoms with Crippen LogP contribution in [-0.2, 0) is 4.74 Å². The van der Waals surface area contributed by atoms with Gasteiger partial charge < -0.3 is 15.4 Å². The van der Waals surface area contributed by atoms with Gasteiger partial charge in [0.25, 0.3) is 0 Å². The normalized spacial score (nSPS) is 11.8. The van der Waals surface area contributed by atoms with Crippen LogP contribution in [0, 0.1) is 0 Å². The number of urea groups is 1. The summed E-state index contributed by atoms with van der Waals surface area (Å²) in [5.41, 5.74) is 1.37. The summed E-state index contributed by atoms with van der Waals surface area (Å²) in [5.74, 6) is 0. The third-order valence-corrected chi connectivity index (χ3v) is 3.78. The Kier molecular flexibility index (Phi) is 6.07. The molecule has 2 N–H and O–H groups in total. The van der Waals surface area contributed by atoms with Gasteiger partial charge in [0.1, 0.15) is 6.10 Å². The molecule has 0 spiro atoms. The van der Waals surface area contributed by atoms with Gasteiger partial charge in [-0.05, 0) is 18.2 Å². The molecule has 116 valence electrons. The number of anilines is 1. The molecule has 6 heteroatoms. The lowest BCUT2D eigenvalue weighted by Gasteiger charge is -2.18. The van der Waals surface area contributed by atoms with E-state index in [1.54, 1.807) is 37.4 Å². The molecule has 0 saturated carbocycles. The molecular formula is C16H16Cl2N2O2. The van der Waals surface area contributed by atoms with Gasteiger partial charge in [-0.2, -0.15) is 0 Å². The molecule has 2 aromatic carbocycles. The van der Waals surface area contributed by atoms with Crippen LogP contribution in [0.2, 0.25) is 10.0 Å². The minimum atomic E-state index is -0.359. The summed E-state index contributed by atoms with van der Waals surface area (Å²) in [7, 11) is 1.57. The standard InChI is InChI=1S/C16H16Cl2N2O2/c1-22-15(11-6-2-3-7-12(11)17)10-19-16(21)20-14-9-5-4-8-13(14)18/h2-9,15H,10H2,1H3,(H2,19,20,21)/t15-/m0/s1. The van der Waals surface area contributed by atoms with Crippen LogP contribution in [0.1, 0.15) is 11.7 Å². The SMILES string of the molecule is CO[C@@H](CNC(=O)Nc1ccccc1Cl)c1ccccc1Cl. The molecule has 0 saturated heterocycles. The number of hydrogen-bond acceptors (Lipinski definition) is 2. The molecule has 2 aromatic rings. The van der Waals surface area contributed by atoms with Crippen LogP contribution in [-0.4, -0.2) is 19.7 Å². The summed E-state index contributed by atoms with van der Waals surface area (Å²) in [6.07, 6.45) is -0.328. The second kappa shape index (κ2) is 8.03. The third kappa shape index (κ3) is 4.37. The minimum Gasteiger partial charge on any atom is -0.375 e. The number of hydrogen-bond donors (Lipinski definition) is 2. The van der Waals surface area contributed by atoms with Gasteiger partial charge in [0.15, 0.2) is 0 Å². The topological polar surface area (TPSA) is 50.4 Å². The summed E-state index contributed by atoms with van der Waals surface area (Å²) < 4.78 is 5.39. The Balaban J connectivity index is 1.95. The van der Waals surface area contributed by atoms with E-state index in [4.69, 9.17) is 27.9 Å². The Morgan fingerprint density at radius 2 is 1.73 bits per heavy atom. The van der Waals surface area contributed by atoms with Crippen molar-refractivity contribution in [2.75, 3.05) is 19.0 Å². The van der Waals surface area contributed by atoms with Gasteiger partial charge >= 0.3 is 6.03 Å². The highest BCUT2D eigenvalue weighted by atomic mass is 35.5. The van der Waals surface area contributed by atoms with Gasteiger partial charge in [0.05, 0.1) is 10.7 Å². The van der Waals surface area contributed by atoms with E-state index in [1.165, 1.54) is 0 Å². The second-order valence-electron chi connectivity index (χ2n) is 4.56. The minimum absolute atomic E-state index is 0.288. The number of nitrogens with one attached hydrogen (secondary N) is 2. The van der Waals surface area contributed by atoms with Crippen LogP contribution >= 0.6 is 23.2 Å². The Bertz CT molecular complexity index is 650. The van der Waals surface area contributed by atoms with E-state index < -0.39 is 0 Å². The molecule has 22 heavy (non-hydrogen) atoms. The monoisotopic (exact) mass is 338 g/mol. The average Bonchev–Trinajstić information content (AvgIpc) is 2.52. The first-order valence-electron chi connectivity index (χ1n) is 6.68. The van der Waals surface area contributed by atoms with Crippen LogP contribution < -0.4 is 10.6 Å². The van der Waals surface area contributed by atoms with Crippen molar-refractivity contribution in [2.45, 2.75) is 6.10 Å². The molecule has 1 atom stereocenters. The van der Waals surface area contributed by atoms with E-state index in [1.807, 2.05) is 18.2 Å². The van der Waals surface area contributed by atoms with Gasteiger partial charge in [0, 0.05) is 24.2 Å². The van der Waals surface area contributed by atoms with E-state index in [0.29, 0.717) is 15.7 Å². The van der Waals surface area contributed by atoms with Crippen molar-refractivity contribution in [3.63, 3.8) is 0 Å². The van der Waals surface area contributed by atoms with Crippen LogP contribution in [0.3, 0.4) is 0 Å². The van der Waals surface area contributed by atoms with Crippen LogP contribution in [0.15, 0.2) is 48.5 Å². The molecule has 2 rings (SSSR count). The molecule has 0 aliphatic rings. The first-order valence-corrected chi connectivity index (χ1v) is 7.44. The summed E-state index contributed by atoms with van der Waals surface area (Å²) in [5, 5.41) is 6.51. The van der Waals surface area contributed by atoms with Crippen molar-refractivity contribution < 1.29 is 9.53 Å².